The number of sulfonamides is 1. The highest BCUT2D eigenvalue weighted by Gasteiger charge is 2.23. The maximum Gasteiger partial charge on any atom is 0.263 e. The Hall–Kier alpha value is -4.08. The van der Waals surface area contributed by atoms with Crippen molar-refractivity contribution in [2.24, 2.45) is 0 Å². The van der Waals surface area contributed by atoms with E-state index in [1.54, 1.807) is 24.3 Å². The first-order valence-electron chi connectivity index (χ1n) is 14.8. The molecule has 0 fully saturated rings. The summed E-state index contributed by atoms with van der Waals surface area (Å²) in [6, 6.07) is 30.1. The molecule has 0 heterocycles. The summed E-state index contributed by atoms with van der Waals surface area (Å²) in [5.41, 5.74) is 8.16. The zero-order valence-electron chi connectivity index (χ0n) is 26.6. The number of thiocarbonyl (C=S) groups is 1. The lowest BCUT2D eigenvalue weighted by atomic mass is 9.83. The van der Waals surface area contributed by atoms with Gasteiger partial charge in [0, 0.05) is 69.9 Å². The van der Waals surface area contributed by atoms with E-state index in [2.05, 4.69) is 105 Å². The van der Waals surface area contributed by atoms with E-state index < -0.39 is 10.0 Å². The predicted octanol–water partition coefficient (Wildman–Crippen LogP) is 6.83. The van der Waals surface area contributed by atoms with Crippen molar-refractivity contribution in [1.82, 2.24) is 4.72 Å². The van der Waals surface area contributed by atoms with Crippen molar-refractivity contribution in [1.29, 1.82) is 0 Å². The van der Waals surface area contributed by atoms with Crippen molar-refractivity contribution < 1.29 is 8.42 Å². The summed E-state index contributed by atoms with van der Waals surface area (Å²) in [7, 11) is 4.24. The van der Waals surface area contributed by atoms with Crippen molar-refractivity contribution in [2.45, 2.75) is 31.6 Å². The van der Waals surface area contributed by atoms with Gasteiger partial charge in [-0.2, -0.15) is 0 Å². The monoisotopic (exact) mass is 629 g/mol. The van der Waals surface area contributed by atoms with Crippen LogP contribution in [0.1, 0.15) is 42.0 Å². The molecule has 0 aromatic heterocycles. The molecule has 0 saturated heterocycles. The van der Waals surface area contributed by atoms with Crippen LogP contribution in [0.15, 0.2) is 95.9 Å². The molecule has 4 aromatic carbocycles. The zero-order chi connectivity index (χ0) is 32.0. The number of benzene rings is 4. The second kappa shape index (κ2) is 14.1. The van der Waals surface area contributed by atoms with Crippen LogP contribution in [0.25, 0.3) is 0 Å². The lowest BCUT2D eigenvalue weighted by Crippen LogP contribution is -2.34. The Labute approximate surface area is 268 Å². The van der Waals surface area contributed by atoms with Crippen LogP contribution < -0.4 is 24.7 Å². The minimum Gasteiger partial charge on any atom is -0.378 e. The van der Waals surface area contributed by atoms with E-state index in [-0.39, 0.29) is 15.9 Å². The van der Waals surface area contributed by atoms with Gasteiger partial charge >= 0.3 is 0 Å². The van der Waals surface area contributed by atoms with E-state index in [1.165, 1.54) is 0 Å². The molecule has 0 atom stereocenters. The molecule has 0 aliphatic rings. The van der Waals surface area contributed by atoms with Crippen LogP contribution in [-0.2, 0) is 10.0 Å². The van der Waals surface area contributed by atoms with Gasteiger partial charge in [0.1, 0.15) is 0 Å². The van der Waals surface area contributed by atoms with Crippen molar-refractivity contribution in [2.75, 3.05) is 61.3 Å². The van der Waals surface area contributed by atoms with Crippen LogP contribution >= 0.6 is 12.2 Å². The number of hydrogen-bond acceptors (Lipinski definition) is 6. The Morgan fingerprint density at radius 3 is 1.66 bits per heavy atom. The Kier molecular flexibility index (Phi) is 10.5. The van der Waals surface area contributed by atoms with Gasteiger partial charge in [-0.1, -0.05) is 48.0 Å². The van der Waals surface area contributed by atoms with Gasteiger partial charge in [-0.3, -0.25) is 4.72 Å². The molecule has 0 radical (unpaired) electrons. The van der Waals surface area contributed by atoms with Crippen molar-refractivity contribution in [3.8, 4) is 0 Å². The number of anilines is 4. The van der Waals surface area contributed by atoms with E-state index >= 15 is 0 Å². The number of rotatable bonds is 11. The number of nitrogens with zero attached hydrogens (tertiary/aromatic N) is 3. The summed E-state index contributed by atoms with van der Waals surface area (Å²) >= 11 is 5.62. The molecule has 4 aromatic rings. The SMILES string of the molecule is CCN(CC)c1ccc(C(c2ccc(N(C)C)cc2)c2ccc(N(C)C)cc2)c(NC(=S)NS(=O)(=O)c2ccc(C)cc2)c1. The molecule has 44 heavy (non-hydrogen) atoms. The fourth-order valence-corrected chi connectivity index (χ4v) is 6.56. The summed E-state index contributed by atoms with van der Waals surface area (Å²) in [6.07, 6.45) is 0. The molecule has 0 saturated carbocycles. The van der Waals surface area contributed by atoms with Gasteiger partial charge in [0.15, 0.2) is 5.11 Å². The molecule has 0 bridgehead atoms. The molecular formula is C35H43N5O2S2. The summed E-state index contributed by atoms with van der Waals surface area (Å²) in [5, 5.41) is 3.28. The van der Waals surface area contributed by atoms with Gasteiger partial charge in [-0.05, 0) is 98.2 Å². The average molecular weight is 630 g/mol. The molecule has 4 rings (SSSR count). The first-order chi connectivity index (χ1) is 20.9. The molecule has 0 amide bonds. The topological polar surface area (TPSA) is 67.9 Å². The highest BCUT2D eigenvalue weighted by molar-refractivity contribution is 7.92. The highest BCUT2D eigenvalue weighted by atomic mass is 32.2. The van der Waals surface area contributed by atoms with Gasteiger partial charge in [-0.25, -0.2) is 8.42 Å². The van der Waals surface area contributed by atoms with E-state index in [0.717, 1.165) is 58.1 Å². The van der Waals surface area contributed by atoms with Crippen LogP contribution in [0.3, 0.4) is 0 Å². The standard InChI is InChI=1S/C35H43N5O2S2/c1-8-40(9-2)30-20-23-32(33(24-30)36-35(43)37-44(41,42)31-21-10-25(3)11-22-31)34(26-12-16-28(17-13-26)38(4)5)27-14-18-29(19-15-27)39(6)7/h10-24,34H,8-9H2,1-7H3,(H2,36,37,43). The van der Waals surface area contributed by atoms with Gasteiger partial charge in [0.2, 0.25) is 0 Å². The van der Waals surface area contributed by atoms with Crippen molar-refractivity contribution >= 4 is 50.1 Å². The molecule has 232 valence electrons. The minimum atomic E-state index is -3.87. The van der Waals surface area contributed by atoms with Crippen LogP contribution in [-0.4, -0.2) is 54.8 Å². The Morgan fingerprint density at radius 1 is 0.727 bits per heavy atom. The second-order valence-corrected chi connectivity index (χ2v) is 13.3. The summed E-state index contributed by atoms with van der Waals surface area (Å²) in [6.45, 7) is 7.82. The molecule has 7 nitrogen and oxygen atoms in total. The number of aryl methyl sites for hydroxylation is 1. The molecule has 0 aliphatic heterocycles. The maximum atomic E-state index is 13.2. The number of nitrogens with one attached hydrogen (secondary N) is 2. The van der Waals surface area contributed by atoms with Gasteiger partial charge < -0.3 is 20.0 Å². The lowest BCUT2D eigenvalue weighted by molar-refractivity contribution is 0.593. The Bertz CT molecular complexity index is 1610. The third-order valence-corrected chi connectivity index (χ3v) is 9.47. The van der Waals surface area contributed by atoms with E-state index in [4.69, 9.17) is 12.2 Å². The summed E-state index contributed by atoms with van der Waals surface area (Å²) in [4.78, 5) is 6.56. The molecule has 9 heteroatoms. The Morgan fingerprint density at radius 2 is 1.20 bits per heavy atom. The number of hydrogen-bond donors (Lipinski definition) is 2. The molecule has 0 unspecified atom stereocenters. The zero-order valence-corrected chi connectivity index (χ0v) is 28.3. The molecule has 0 aliphatic carbocycles. The predicted molar refractivity (Wildman–Crippen MR) is 190 cm³/mol. The fourth-order valence-electron chi connectivity index (χ4n) is 5.22. The Balaban J connectivity index is 1.82. The van der Waals surface area contributed by atoms with Gasteiger partial charge in [0.25, 0.3) is 10.0 Å². The van der Waals surface area contributed by atoms with Crippen LogP contribution in [0.5, 0.6) is 0 Å². The van der Waals surface area contributed by atoms with Gasteiger partial charge in [-0.15, -0.1) is 0 Å². The first kappa shape index (κ1) is 32.8. The first-order valence-corrected chi connectivity index (χ1v) is 16.7. The minimum absolute atomic E-state index is 0.00758. The lowest BCUT2D eigenvalue weighted by Gasteiger charge is -2.27. The quantitative estimate of drug-likeness (QED) is 0.139. The van der Waals surface area contributed by atoms with E-state index in [9.17, 15) is 8.42 Å². The molecule has 2 N–H and O–H groups in total. The van der Waals surface area contributed by atoms with Crippen LogP contribution in [0.2, 0.25) is 0 Å². The van der Waals surface area contributed by atoms with Crippen LogP contribution in [0.4, 0.5) is 22.7 Å². The van der Waals surface area contributed by atoms with E-state index in [0.29, 0.717) is 0 Å². The largest absolute Gasteiger partial charge is 0.378 e. The van der Waals surface area contributed by atoms with Crippen LogP contribution in [0, 0.1) is 6.92 Å². The van der Waals surface area contributed by atoms with Gasteiger partial charge in [0.05, 0.1) is 4.90 Å². The third-order valence-electron chi connectivity index (χ3n) is 7.77. The van der Waals surface area contributed by atoms with Crippen molar-refractivity contribution in [3.05, 3.63) is 113 Å². The van der Waals surface area contributed by atoms with E-state index in [1.807, 2.05) is 35.1 Å². The smallest absolute Gasteiger partial charge is 0.263 e. The second-order valence-electron chi connectivity index (χ2n) is 11.2. The average Bonchev–Trinajstić information content (AvgIpc) is 2.99. The van der Waals surface area contributed by atoms with Crippen molar-refractivity contribution in [3.63, 3.8) is 0 Å². The summed E-state index contributed by atoms with van der Waals surface area (Å²) < 4.78 is 29.0. The highest BCUT2D eigenvalue weighted by Crippen LogP contribution is 2.39. The fraction of sp³-hybridized carbons (Fsp3) is 0.286. The molecule has 0 spiro atoms. The third kappa shape index (κ3) is 7.70. The maximum absolute atomic E-state index is 13.2. The molecular weight excluding hydrogens is 587 g/mol. The summed E-state index contributed by atoms with van der Waals surface area (Å²) in [5.74, 6) is -0.146. The normalized spacial score (nSPS) is 11.3.